The molecule has 70 valence electrons. The average Bonchev–Trinajstić information content (AvgIpc) is 2.18. The number of aromatic amines is 1. The van der Waals surface area contributed by atoms with Crippen LogP contribution in [0.4, 0.5) is 0 Å². The predicted octanol–water partition coefficient (Wildman–Crippen LogP) is 4.06. The van der Waals surface area contributed by atoms with Gasteiger partial charge in [-0.05, 0) is 29.8 Å². The van der Waals surface area contributed by atoms with Crippen molar-refractivity contribution in [3.05, 3.63) is 52.1 Å². The molecule has 0 fully saturated rings. The smallest absolute Gasteiger partial charge is 0.103 e. The lowest BCUT2D eigenvalue weighted by Gasteiger charge is -2.01. The van der Waals surface area contributed by atoms with E-state index in [1.54, 1.807) is 0 Å². The maximum atomic E-state index is 5.89. The first-order chi connectivity index (χ1) is 6.75. The van der Waals surface area contributed by atoms with Crippen LogP contribution in [0.3, 0.4) is 0 Å². The van der Waals surface area contributed by atoms with Crippen molar-refractivity contribution < 1.29 is 0 Å². The number of halogens is 1. The molecule has 0 aliphatic carbocycles. The summed E-state index contributed by atoms with van der Waals surface area (Å²) in [5.74, 6) is 0. The van der Waals surface area contributed by atoms with Crippen molar-refractivity contribution in [1.29, 1.82) is 0 Å². The normalized spacial score (nSPS) is 10.1. The monoisotopic (exact) mass is 221 g/mol. The molecule has 0 saturated carbocycles. The Morgan fingerprint density at radius 2 is 1.86 bits per heavy atom. The van der Waals surface area contributed by atoms with Crippen molar-refractivity contribution in [2.24, 2.45) is 0 Å². The van der Waals surface area contributed by atoms with Gasteiger partial charge in [0.15, 0.2) is 0 Å². The van der Waals surface area contributed by atoms with Gasteiger partial charge in [0.25, 0.3) is 0 Å². The van der Waals surface area contributed by atoms with Crippen LogP contribution in [0.5, 0.6) is 0 Å². The molecule has 0 amide bonds. The minimum atomic E-state index is 0.725. The number of H-pyrrole nitrogens is 1. The summed E-state index contributed by atoms with van der Waals surface area (Å²) in [6, 6.07) is 13.4. The summed E-state index contributed by atoms with van der Waals surface area (Å²) >= 11 is 10.9. The summed E-state index contributed by atoms with van der Waals surface area (Å²) in [5, 5.41) is 0.727. The third kappa shape index (κ3) is 2.03. The van der Waals surface area contributed by atoms with Gasteiger partial charge >= 0.3 is 0 Å². The van der Waals surface area contributed by atoms with E-state index >= 15 is 0 Å². The van der Waals surface area contributed by atoms with Gasteiger partial charge in [-0.2, -0.15) is 0 Å². The molecule has 1 aromatic heterocycles. The number of pyridine rings is 1. The van der Waals surface area contributed by atoms with E-state index in [1.807, 2.05) is 42.5 Å². The second kappa shape index (κ2) is 3.95. The van der Waals surface area contributed by atoms with Crippen LogP contribution in [-0.4, -0.2) is 4.98 Å². The van der Waals surface area contributed by atoms with Crippen molar-refractivity contribution in [1.82, 2.24) is 4.98 Å². The molecule has 2 rings (SSSR count). The second-order valence-electron chi connectivity index (χ2n) is 2.94. The van der Waals surface area contributed by atoms with E-state index in [1.165, 1.54) is 0 Å². The Labute approximate surface area is 92.4 Å². The van der Waals surface area contributed by atoms with Crippen molar-refractivity contribution >= 4 is 23.8 Å². The summed E-state index contributed by atoms with van der Waals surface area (Å²) < 4.78 is 0.725. The Bertz CT molecular complexity index is 504. The van der Waals surface area contributed by atoms with Gasteiger partial charge in [-0.15, -0.1) is 0 Å². The summed E-state index contributed by atoms with van der Waals surface area (Å²) in [7, 11) is 0. The lowest BCUT2D eigenvalue weighted by atomic mass is 10.1. The van der Waals surface area contributed by atoms with E-state index in [0.717, 1.165) is 20.9 Å². The van der Waals surface area contributed by atoms with E-state index in [2.05, 4.69) is 4.98 Å². The molecule has 0 unspecified atom stereocenters. The molecule has 0 bridgehead atoms. The largest absolute Gasteiger partial charge is 0.346 e. The minimum absolute atomic E-state index is 0.725. The van der Waals surface area contributed by atoms with Gasteiger partial charge in [0.1, 0.15) is 4.64 Å². The fourth-order valence-electron chi connectivity index (χ4n) is 1.27. The highest BCUT2D eigenvalue weighted by Gasteiger charge is 1.97. The summed E-state index contributed by atoms with van der Waals surface area (Å²) in [4.78, 5) is 3.11. The molecule has 0 atom stereocenters. The molecule has 1 N–H and O–H groups in total. The first-order valence-electron chi connectivity index (χ1n) is 4.21. The van der Waals surface area contributed by atoms with Gasteiger partial charge in [-0.3, -0.25) is 0 Å². The lowest BCUT2D eigenvalue weighted by Crippen LogP contribution is -1.82. The Morgan fingerprint density at radius 3 is 2.57 bits per heavy atom. The molecule has 2 aromatic rings. The Balaban J connectivity index is 2.55. The van der Waals surface area contributed by atoms with Crippen LogP contribution < -0.4 is 0 Å². The number of hydrogen-bond acceptors (Lipinski definition) is 1. The third-order valence-electron chi connectivity index (χ3n) is 1.90. The SMILES string of the molecule is S=c1cccc(-c2cccc(Cl)c2)[nH]1. The van der Waals surface area contributed by atoms with Crippen LogP contribution in [0.2, 0.25) is 5.02 Å². The highest BCUT2D eigenvalue weighted by atomic mass is 35.5. The Hall–Kier alpha value is -1.12. The van der Waals surface area contributed by atoms with Crippen molar-refractivity contribution in [2.75, 3.05) is 0 Å². The molecule has 0 saturated heterocycles. The molecular weight excluding hydrogens is 214 g/mol. The highest BCUT2D eigenvalue weighted by Crippen LogP contribution is 2.20. The minimum Gasteiger partial charge on any atom is -0.346 e. The molecule has 0 aliphatic rings. The van der Waals surface area contributed by atoms with E-state index in [-0.39, 0.29) is 0 Å². The van der Waals surface area contributed by atoms with Crippen molar-refractivity contribution in [3.63, 3.8) is 0 Å². The zero-order valence-electron chi connectivity index (χ0n) is 7.33. The molecule has 1 heterocycles. The maximum Gasteiger partial charge on any atom is 0.103 e. The van der Waals surface area contributed by atoms with Gasteiger partial charge in [-0.25, -0.2) is 0 Å². The molecular formula is C11H8ClNS. The van der Waals surface area contributed by atoms with Gasteiger partial charge < -0.3 is 4.98 Å². The molecule has 1 nitrogen and oxygen atoms in total. The zero-order valence-corrected chi connectivity index (χ0v) is 8.90. The average molecular weight is 222 g/mol. The first kappa shape index (κ1) is 9.44. The quantitative estimate of drug-likeness (QED) is 0.718. The Morgan fingerprint density at radius 1 is 1.07 bits per heavy atom. The fourth-order valence-corrected chi connectivity index (χ4v) is 1.65. The molecule has 1 aromatic carbocycles. The van der Waals surface area contributed by atoms with Crippen molar-refractivity contribution in [2.45, 2.75) is 0 Å². The van der Waals surface area contributed by atoms with Crippen LogP contribution in [-0.2, 0) is 0 Å². The van der Waals surface area contributed by atoms with Crippen LogP contribution in [0.15, 0.2) is 42.5 Å². The highest BCUT2D eigenvalue weighted by molar-refractivity contribution is 7.71. The summed E-state index contributed by atoms with van der Waals surface area (Å²) in [6.45, 7) is 0. The maximum absolute atomic E-state index is 5.89. The second-order valence-corrected chi connectivity index (χ2v) is 3.82. The van der Waals surface area contributed by atoms with Gasteiger partial charge in [0, 0.05) is 10.7 Å². The molecule has 3 heteroatoms. The van der Waals surface area contributed by atoms with Gasteiger partial charge in [0.05, 0.1) is 0 Å². The van der Waals surface area contributed by atoms with E-state index < -0.39 is 0 Å². The number of benzene rings is 1. The molecule has 0 spiro atoms. The lowest BCUT2D eigenvalue weighted by molar-refractivity contribution is 1.30. The number of hydrogen-bond donors (Lipinski definition) is 1. The summed E-state index contributed by atoms with van der Waals surface area (Å²) in [5.41, 5.74) is 2.03. The van der Waals surface area contributed by atoms with Crippen molar-refractivity contribution in [3.8, 4) is 11.3 Å². The molecule has 0 aliphatic heterocycles. The number of aromatic nitrogens is 1. The molecule has 0 radical (unpaired) electrons. The third-order valence-corrected chi connectivity index (χ3v) is 2.38. The topological polar surface area (TPSA) is 15.8 Å². The van der Waals surface area contributed by atoms with E-state index in [0.29, 0.717) is 0 Å². The first-order valence-corrected chi connectivity index (χ1v) is 4.99. The fraction of sp³-hybridized carbons (Fsp3) is 0. The van der Waals surface area contributed by atoms with E-state index in [4.69, 9.17) is 23.8 Å². The number of rotatable bonds is 1. The predicted molar refractivity (Wildman–Crippen MR) is 62.1 cm³/mol. The van der Waals surface area contributed by atoms with Crippen LogP contribution in [0, 0.1) is 4.64 Å². The summed E-state index contributed by atoms with van der Waals surface area (Å²) in [6.07, 6.45) is 0. The van der Waals surface area contributed by atoms with Crippen LogP contribution in [0.1, 0.15) is 0 Å². The van der Waals surface area contributed by atoms with Gasteiger partial charge in [-0.1, -0.05) is 42.0 Å². The Kier molecular flexibility index (Phi) is 2.66. The standard InChI is InChI=1S/C11H8ClNS/c12-9-4-1-3-8(7-9)10-5-2-6-11(14)13-10/h1-7H,(H,13,14). The molecule has 14 heavy (non-hydrogen) atoms. The van der Waals surface area contributed by atoms with Crippen LogP contribution in [0.25, 0.3) is 11.3 Å². The van der Waals surface area contributed by atoms with E-state index in [9.17, 15) is 0 Å². The number of nitrogens with one attached hydrogen (secondary N) is 1. The van der Waals surface area contributed by atoms with Crippen LogP contribution >= 0.6 is 23.8 Å². The zero-order chi connectivity index (χ0) is 9.97. The van der Waals surface area contributed by atoms with Gasteiger partial charge in [0.2, 0.25) is 0 Å².